The van der Waals surface area contributed by atoms with E-state index in [1.54, 1.807) is 30.3 Å². The molecule has 2 rings (SSSR count). The van der Waals surface area contributed by atoms with Crippen LogP contribution in [0.15, 0.2) is 48.5 Å². The second-order valence-electron chi connectivity index (χ2n) is 3.25. The fraction of sp³-hybridized carbons (Fsp3) is 0.0769. The summed E-state index contributed by atoms with van der Waals surface area (Å²) in [6.07, 6.45) is 0. The van der Waals surface area contributed by atoms with E-state index < -0.39 is 7.04 Å². The molecule has 15 heavy (non-hydrogen) atoms. The zero-order valence-electron chi connectivity index (χ0n) is 11.1. The molecule has 0 atom stereocenters. The first kappa shape index (κ1) is 6.51. The maximum Gasteiger partial charge on any atom is 0.119 e. The minimum Gasteiger partial charge on any atom is -0.497 e. The highest BCUT2D eigenvalue weighted by molar-refractivity contribution is 5.66. The number of hydrogen-bond acceptors (Lipinski definition) is 2. The van der Waals surface area contributed by atoms with Crippen LogP contribution in [-0.2, 0) is 0 Å². The Morgan fingerprint density at radius 3 is 2.60 bits per heavy atom. The van der Waals surface area contributed by atoms with Crippen molar-refractivity contribution in [1.82, 2.24) is 0 Å². The molecule has 0 heterocycles. The molecule has 2 N–H and O–H groups in total. The van der Waals surface area contributed by atoms with Crippen LogP contribution in [0.2, 0.25) is 0 Å². The standard InChI is InChI=1S/C13H13NO/c1-15-13-4-2-3-11(9-13)10-5-7-12(14)8-6-10/h2-9H,14H2,1H3/i1D3. The topological polar surface area (TPSA) is 35.2 Å². The summed E-state index contributed by atoms with van der Waals surface area (Å²) >= 11 is 0. The molecule has 2 aromatic carbocycles. The molecule has 0 bridgehead atoms. The largest absolute Gasteiger partial charge is 0.497 e. The number of ether oxygens (including phenoxy) is 1. The van der Waals surface area contributed by atoms with Gasteiger partial charge in [-0.1, -0.05) is 24.3 Å². The summed E-state index contributed by atoms with van der Waals surface area (Å²) in [5, 5.41) is 0. The van der Waals surface area contributed by atoms with E-state index in [2.05, 4.69) is 0 Å². The molecule has 0 aliphatic rings. The monoisotopic (exact) mass is 202 g/mol. The van der Waals surface area contributed by atoms with E-state index in [1.807, 2.05) is 18.2 Å². The summed E-state index contributed by atoms with van der Waals surface area (Å²) in [4.78, 5) is 0. The molecule has 76 valence electrons. The average molecular weight is 202 g/mol. The molecule has 2 aromatic rings. The maximum absolute atomic E-state index is 7.07. The third-order valence-electron chi connectivity index (χ3n) is 2.20. The second-order valence-corrected chi connectivity index (χ2v) is 3.25. The molecular weight excluding hydrogens is 186 g/mol. The number of hydrogen-bond donors (Lipinski definition) is 1. The van der Waals surface area contributed by atoms with Crippen LogP contribution in [0.1, 0.15) is 4.11 Å². The van der Waals surface area contributed by atoms with Gasteiger partial charge in [-0.05, 0) is 35.4 Å². The number of nitrogen functional groups attached to an aromatic ring is 1. The molecule has 2 nitrogen and oxygen atoms in total. The minimum absolute atomic E-state index is 0.323. The number of anilines is 1. The van der Waals surface area contributed by atoms with Crippen LogP contribution in [0.3, 0.4) is 0 Å². The molecule has 0 fully saturated rings. The smallest absolute Gasteiger partial charge is 0.119 e. The van der Waals surface area contributed by atoms with E-state index in [-0.39, 0.29) is 0 Å². The lowest BCUT2D eigenvalue weighted by atomic mass is 10.1. The summed E-state index contributed by atoms with van der Waals surface area (Å²) in [5.74, 6) is 0.323. The summed E-state index contributed by atoms with van der Waals surface area (Å²) in [5.41, 5.74) is 8.15. The number of rotatable bonds is 2. The summed E-state index contributed by atoms with van der Waals surface area (Å²) in [6, 6.07) is 14.3. The highest BCUT2D eigenvalue weighted by Crippen LogP contribution is 2.24. The maximum atomic E-state index is 7.07. The third-order valence-corrected chi connectivity index (χ3v) is 2.20. The molecule has 0 spiro atoms. The average Bonchev–Trinajstić information content (AvgIpc) is 2.28. The van der Waals surface area contributed by atoms with Crippen LogP contribution < -0.4 is 10.5 Å². The predicted molar refractivity (Wildman–Crippen MR) is 62.8 cm³/mol. The molecule has 0 saturated carbocycles. The molecule has 0 aliphatic heterocycles. The van der Waals surface area contributed by atoms with Crippen molar-refractivity contribution < 1.29 is 8.85 Å². The van der Waals surface area contributed by atoms with Gasteiger partial charge in [-0.25, -0.2) is 0 Å². The Morgan fingerprint density at radius 1 is 1.07 bits per heavy atom. The van der Waals surface area contributed by atoms with Gasteiger partial charge in [0.25, 0.3) is 0 Å². The van der Waals surface area contributed by atoms with E-state index in [1.165, 1.54) is 0 Å². The van der Waals surface area contributed by atoms with Gasteiger partial charge in [-0.3, -0.25) is 0 Å². The summed E-state index contributed by atoms with van der Waals surface area (Å²) in [6.45, 7) is 0. The van der Waals surface area contributed by atoms with Gasteiger partial charge in [0.1, 0.15) is 5.75 Å². The fourth-order valence-corrected chi connectivity index (χ4v) is 1.41. The Labute approximate surface area is 93.5 Å². The van der Waals surface area contributed by atoms with Crippen LogP contribution in [0.25, 0.3) is 11.1 Å². The molecule has 0 aliphatic carbocycles. The van der Waals surface area contributed by atoms with Gasteiger partial charge < -0.3 is 10.5 Å². The van der Waals surface area contributed by atoms with Crippen molar-refractivity contribution >= 4 is 5.69 Å². The lowest BCUT2D eigenvalue weighted by Crippen LogP contribution is -1.85. The highest BCUT2D eigenvalue weighted by Gasteiger charge is 1.98. The number of benzene rings is 2. The van der Waals surface area contributed by atoms with Gasteiger partial charge in [0, 0.05) is 5.69 Å². The van der Waals surface area contributed by atoms with E-state index >= 15 is 0 Å². The van der Waals surface area contributed by atoms with Gasteiger partial charge in [-0.2, -0.15) is 0 Å². The van der Waals surface area contributed by atoms with E-state index in [9.17, 15) is 0 Å². The normalized spacial score (nSPS) is 13.7. The van der Waals surface area contributed by atoms with Crippen molar-refractivity contribution in [2.45, 2.75) is 0 Å². The Bertz CT molecular complexity index is 535. The van der Waals surface area contributed by atoms with Crippen molar-refractivity contribution in [3.63, 3.8) is 0 Å². The first-order valence-electron chi connectivity index (χ1n) is 6.09. The molecule has 0 amide bonds. The zero-order valence-corrected chi connectivity index (χ0v) is 8.10. The Balaban J connectivity index is 2.29. The van der Waals surface area contributed by atoms with Crippen molar-refractivity contribution in [1.29, 1.82) is 0 Å². The lowest BCUT2D eigenvalue weighted by Gasteiger charge is -2.04. The van der Waals surface area contributed by atoms with Crippen LogP contribution in [0.4, 0.5) is 5.69 Å². The van der Waals surface area contributed by atoms with Crippen LogP contribution in [0, 0.1) is 0 Å². The first-order chi connectivity index (χ1) is 8.44. The SMILES string of the molecule is [2H]C([2H])([2H])Oc1cccc(-c2ccc(N)cc2)c1. The van der Waals surface area contributed by atoms with Gasteiger partial charge in [-0.15, -0.1) is 0 Å². The fourth-order valence-electron chi connectivity index (χ4n) is 1.41. The molecule has 2 heteroatoms. The molecule has 0 aromatic heterocycles. The minimum atomic E-state index is -2.43. The summed E-state index contributed by atoms with van der Waals surface area (Å²) < 4.78 is 26.1. The van der Waals surface area contributed by atoms with Crippen LogP contribution in [-0.4, -0.2) is 7.04 Å². The number of methoxy groups -OCH3 is 1. The Morgan fingerprint density at radius 2 is 1.87 bits per heavy atom. The quantitative estimate of drug-likeness (QED) is 0.760. The van der Waals surface area contributed by atoms with Crippen LogP contribution >= 0.6 is 0 Å². The van der Waals surface area contributed by atoms with Crippen LogP contribution in [0.5, 0.6) is 5.75 Å². The Hall–Kier alpha value is -1.96. The van der Waals surface area contributed by atoms with Crippen molar-refractivity contribution in [3.05, 3.63) is 48.5 Å². The molecule has 0 saturated heterocycles. The molecular formula is C13H13NO. The Kier molecular flexibility index (Phi) is 1.76. The first-order valence-corrected chi connectivity index (χ1v) is 4.59. The third kappa shape index (κ3) is 2.10. The zero-order chi connectivity index (χ0) is 13.2. The van der Waals surface area contributed by atoms with E-state index in [0.29, 0.717) is 11.4 Å². The second kappa shape index (κ2) is 4.05. The van der Waals surface area contributed by atoms with Crippen molar-refractivity contribution in [2.75, 3.05) is 12.8 Å². The van der Waals surface area contributed by atoms with Gasteiger partial charge >= 0.3 is 0 Å². The summed E-state index contributed by atoms with van der Waals surface area (Å²) in [7, 11) is -2.43. The van der Waals surface area contributed by atoms with E-state index in [0.717, 1.165) is 11.1 Å². The van der Waals surface area contributed by atoms with E-state index in [4.69, 9.17) is 14.6 Å². The predicted octanol–water partition coefficient (Wildman–Crippen LogP) is 2.94. The van der Waals surface area contributed by atoms with Crippen molar-refractivity contribution in [3.8, 4) is 16.9 Å². The molecule has 0 radical (unpaired) electrons. The molecule has 0 unspecified atom stereocenters. The lowest BCUT2D eigenvalue weighted by molar-refractivity contribution is 0.415. The number of nitrogens with two attached hydrogens (primary N) is 1. The van der Waals surface area contributed by atoms with Gasteiger partial charge in [0.05, 0.1) is 11.2 Å². The highest BCUT2D eigenvalue weighted by atomic mass is 16.5. The van der Waals surface area contributed by atoms with Crippen molar-refractivity contribution in [2.24, 2.45) is 0 Å². The van der Waals surface area contributed by atoms with Gasteiger partial charge in [0.15, 0.2) is 0 Å². The van der Waals surface area contributed by atoms with Gasteiger partial charge in [0.2, 0.25) is 0 Å².